The summed E-state index contributed by atoms with van der Waals surface area (Å²) < 4.78 is 17.5. The van der Waals surface area contributed by atoms with E-state index in [0.29, 0.717) is 28.8 Å². The molecule has 4 aromatic rings. The van der Waals surface area contributed by atoms with Crippen LogP contribution in [0.5, 0.6) is 5.75 Å². The molecule has 4 rings (SSSR count). The normalized spacial score (nSPS) is 11.1. The van der Waals surface area contributed by atoms with Gasteiger partial charge in [-0.1, -0.05) is 12.1 Å². The summed E-state index contributed by atoms with van der Waals surface area (Å²) in [5.41, 5.74) is 9.60. The molecule has 0 fully saturated rings. The highest BCUT2D eigenvalue weighted by Gasteiger charge is 2.26. The van der Waals surface area contributed by atoms with Gasteiger partial charge in [0.1, 0.15) is 29.3 Å². The van der Waals surface area contributed by atoms with Gasteiger partial charge in [-0.15, -0.1) is 0 Å². The zero-order valence-electron chi connectivity index (χ0n) is 16.8. The minimum atomic E-state index is -0.566. The smallest absolute Gasteiger partial charge is 0.344 e. The Hall–Kier alpha value is -3.65. The lowest BCUT2D eigenvalue weighted by Gasteiger charge is -2.09. The second kappa shape index (κ2) is 8.38. The average molecular weight is 406 g/mol. The van der Waals surface area contributed by atoms with E-state index in [1.165, 1.54) is 7.11 Å². The van der Waals surface area contributed by atoms with Crippen molar-refractivity contribution in [3.8, 4) is 11.4 Å². The largest absolute Gasteiger partial charge is 0.494 e. The number of fused-ring (bicyclic) bond motifs is 2. The molecule has 8 heteroatoms. The number of carbonyl (C=O) groups excluding carboxylic acids is 1. The predicted octanol–water partition coefficient (Wildman–Crippen LogP) is 3.36. The van der Waals surface area contributed by atoms with Crippen LogP contribution in [0.3, 0.4) is 0 Å². The first-order valence-corrected chi connectivity index (χ1v) is 9.60. The van der Waals surface area contributed by atoms with Crippen molar-refractivity contribution in [1.82, 2.24) is 14.5 Å². The average Bonchev–Trinajstić information content (AvgIpc) is 3.04. The lowest BCUT2D eigenvalue weighted by atomic mass is 10.2. The predicted molar refractivity (Wildman–Crippen MR) is 114 cm³/mol. The summed E-state index contributed by atoms with van der Waals surface area (Å²) in [6.07, 6.45) is 0. The Balaban J connectivity index is 1.91. The van der Waals surface area contributed by atoms with Gasteiger partial charge in [0.2, 0.25) is 0 Å². The van der Waals surface area contributed by atoms with Gasteiger partial charge in [-0.05, 0) is 43.3 Å². The first kappa shape index (κ1) is 19.7. The van der Waals surface area contributed by atoms with Crippen molar-refractivity contribution in [1.29, 1.82) is 0 Å². The molecular formula is C22H22N4O4. The number of benzene rings is 2. The Bertz CT molecular complexity index is 1200. The molecule has 0 bridgehead atoms. The number of rotatable bonds is 7. The Labute approximate surface area is 173 Å². The summed E-state index contributed by atoms with van der Waals surface area (Å²) >= 11 is 0. The third-order valence-corrected chi connectivity index (χ3v) is 4.63. The van der Waals surface area contributed by atoms with Gasteiger partial charge in [-0.2, -0.15) is 0 Å². The molecule has 2 aromatic carbocycles. The second-order valence-corrected chi connectivity index (χ2v) is 6.54. The van der Waals surface area contributed by atoms with Crippen LogP contribution in [0, 0.1) is 0 Å². The van der Waals surface area contributed by atoms with Gasteiger partial charge in [0.25, 0.3) is 0 Å². The highest BCUT2D eigenvalue weighted by Crippen LogP contribution is 2.32. The number of nitrogen functional groups attached to an aromatic ring is 1. The molecule has 0 aliphatic carbocycles. The van der Waals surface area contributed by atoms with Crippen LogP contribution in [-0.2, 0) is 9.47 Å². The maximum absolute atomic E-state index is 12.8. The summed E-state index contributed by atoms with van der Waals surface area (Å²) in [5, 5.41) is 0. The van der Waals surface area contributed by atoms with Crippen LogP contribution in [0.15, 0.2) is 48.5 Å². The number of nitrogens with zero attached hydrogens (tertiary/aromatic N) is 3. The SMILES string of the molecule is CCOc1ccc(-n2c(N)c(C(=O)OCCOC)c3nc4ccccc4nc32)cc1. The number of hydrogen-bond acceptors (Lipinski definition) is 7. The van der Waals surface area contributed by atoms with Gasteiger partial charge < -0.3 is 19.9 Å². The van der Waals surface area contributed by atoms with Crippen LogP contribution in [0.2, 0.25) is 0 Å². The molecule has 0 saturated carbocycles. The Morgan fingerprint density at radius 1 is 1.03 bits per heavy atom. The van der Waals surface area contributed by atoms with Gasteiger partial charge in [-0.3, -0.25) is 4.57 Å². The van der Waals surface area contributed by atoms with Gasteiger partial charge in [-0.25, -0.2) is 14.8 Å². The van der Waals surface area contributed by atoms with E-state index in [2.05, 4.69) is 4.98 Å². The number of aromatic nitrogens is 3. The molecule has 2 aromatic heterocycles. The van der Waals surface area contributed by atoms with Crippen LogP contribution in [0.25, 0.3) is 27.9 Å². The lowest BCUT2D eigenvalue weighted by molar-refractivity contribution is 0.0391. The van der Waals surface area contributed by atoms with E-state index in [1.54, 1.807) is 4.57 Å². The topological polar surface area (TPSA) is 101 Å². The van der Waals surface area contributed by atoms with Crippen molar-refractivity contribution in [2.75, 3.05) is 32.7 Å². The van der Waals surface area contributed by atoms with Crippen molar-refractivity contribution in [2.45, 2.75) is 6.92 Å². The summed E-state index contributed by atoms with van der Waals surface area (Å²) in [6, 6.07) is 14.9. The first-order chi connectivity index (χ1) is 14.6. The van der Waals surface area contributed by atoms with Crippen LogP contribution in [0.1, 0.15) is 17.3 Å². The Morgan fingerprint density at radius 2 is 1.73 bits per heavy atom. The highest BCUT2D eigenvalue weighted by molar-refractivity contribution is 6.09. The molecule has 0 spiro atoms. The zero-order chi connectivity index (χ0) is 21.1. The number of carbonyl (C=O) groups is 1. The minimum Gasteiger partial charge on any atom is -0.494 e. The molecule has 30 heavy (non-hydrogen) atoms. The molecule has 0 atom stereocenters. The second-order valence-electron chi connectivity index (χ2n) is 6.54. The van der Waals surface area contributed by atoms with Gasteiger partial charge in [0.05, 0.1) is 24.2 Å². The fraction of sp³-hybridized carbons (Fsp3) is 0.227. The third-order valence-electron chi connectivity index (χ3n) is 4.63. The fourth-order valence-electron chi connectivity index (χ4n) is 3.27. The standard InChI is InChI=1S/C22H22N4O4/c1-3-29-15-10-8-14(9-11-15)26-20(23)18(22(27)30-13-12-28-2)19-21(26)25-17-7-5-4-6-16(17)24-19/h4-11H,3,12-13,23H2,1-2H3. The maximum atomic E-state index is 12.8. The molecule has 2 N–H and O–H groups in total. The number of methoxy groups -OCH3 is 1. The summed E-state index contributed by atoms with van der Waals surface area (Å²) in [7, 11) is 1.54. The summed E-state index contributed by atoms with van der Waals surface area (Å²) in [6.45, 7) is 2.90. The molecule has 2 heterocycles. The van der Waals surface area contributed by atoms with E-state index in [0.717, 1.165) is 11.4 Å². The van der Waals surface area contributed by atoms with Gasteiger partial charge in [0.15, 0.2) is 5.65 Å². The lowest BCUT2D eigenvalue weighted by Crippen LogP contribution is -2.12. The Morgan fingerprint density at radius 3 is 2.40 bits per heavy atom. The van der Waals surface area contributed by atoms with Crippen LogP contribution >= 0.6 is 0 Å². The van der Waals surface area contributed by atoms with Crippen LogP contribution in [-0.4, -0.2) is 47.4 Å². The summed E-state index contributed by atoms with van der Waals surface area (Å²) in [5.74, 6) is 0.391. The van der Waals surface area contributed by atoms with Gasteiger partial charge in [0, 0.05) is 12.8 Å². The molecule has 0 amide bonds. The maximum Gasteiger partial charge on any atom is 0.344 e. The van der Waals surface area contributed by atoms with Crippen LogP contribution in [0.4, 0.5) is 5.82 Å². The molecule has 0 saturated heterocycles. The monoisotopic (exact) mass is 406 g/mol. The van der Waals surface area contributed by atoms with Crippen molar-refractivity contribution < 1.29 is 19.0 Å². The molecule has 154 valence electrons. The first-order valence-electron chi connectivity index (χ1n) is 9.60. The molecule has 0 aliphatic rings. The number of anilines is 1. The number of esters is 1. The number of nitrogens with two attached hydrogens (primary N) is 1. The third kappa shape index (κ3) is 3.53. The van der Waals surface area contributed by atoms with E-state index in [4.69, 9.17) is 24.9 Å². The van der Waals surface area contributed by atoms with Crippen molar-refractivity contribution >= 4 is 34.0 Å². The fourth-order valence-corrected chi connectivity index (χ4v) is 3.27. The number of para-hydroxylation sites is 2. The number of hydrogen-bond donors (Lipinski definition) is 1. The van der Waals surface area contributed by atoms with Crippen molar-refractivity contribution in [2.24, 2.45) is 0 Å². The van der Waals surface area contributed by atoms with Crippen molar-refractivity contribution in [3.63, 3.8) is 0 Å². The Kier molecular flexibility index (Phi) is 5.49. The molecule has 8 nitrogen and oxygen atoms in total. The molecule has 0 radical (unpaired) electrons. The minimum absolute atomic E-state index is 0.117. The van der Waals surface area contributed by atoms with E-state index in [9.17, 15) is 4.79 Å². The van der Waals surface area contributed by atoms with Gasteiger partial charge >= 0.3 is 5.97 Å². The molecular weight excluding hydrogens is 384 g/mol. The van der Waals surface area contributed by atoms with E-state index in [1.807, 2.05) is 55.5 Å². The number of ether oxygens (including phenoxy) is 3. The van der Waals surface area contributed by atoms with E-state index >= 15 is 0 Å². The highest BCUT2D eigenvalue weighted by atomic mass is 16.6. The van der Waals surface area contributed by atoms with Crippen molar-refractivity contribution in [3.05, 3.63) is 54.1 Å². The summed E-state index contributed by atoms with van der Waals surface area (Å²) in [4.78, 5) is 22.2. The zero-order valence-corrected chi connectivity index (χ0v) is 16.8. The van der Waals surface area contributed by atoms with Crippen LogP contribution < -0.4 is 10.5 Å². The molecule has 0 aliphatic heterocycles. The van der Waals surface area contributed by atoms with E-state index in [-0.39, 0.29) is 24.6 Å². The molecule has 0 unspecified atom stereocenters. The van der Waals surface area contributed by atoms with E-state index < -0.39 is 5.97 Å². The quantitative estimate of drug-likeness (QED) is 0.371.